The first-order valence-corrected chi connectivity index (χ1v) is 24.9. The minimum absolute atomic E-state index is 0.313. The van der Waals surface area contributed by atoms with E-state index in [4.69, 9.17) is 9.97 Å². The van der Waals surface area contributed by atoms with Gasteiger partial charge in [-0.15, -0.1) is 0 Å². The van der Waals surface area contributed by atoms with Crippen LogP contribution in [0, 0.1) is 0 Å². The molecule has 4 nitrogen and oxygen atoms in total. The molecule has 11 rings (SSSR count). The van der Waals surface area contributed by atoms with Crippen molar-refractivity contribution in [2.45, 2.75) is 84.5 Å². The Hall–Kier alpha value is -7.56. The van der Waals surface area contributed by atoms with E-state index in [0.29, 0.717) is 23.7 Å². The van der Waals surface area contributed by atoms with Gasteiger partial charge in [-0.1, -0.05) is 213 Å². The molecule has 8 aromatic carbocycles. The number of benzene rings is 8. The third-order valence-corrected chi connectivity index (χ3v) is 14.6. The minimum Gasteiger partial charge on any atom is -0.292 e. The topological polar surface area (TPSA) is 35.1 Å². The zero-order valence-electron chi connectivity index (χ0n) is 41.1. The molecule has 69 heavy (non-hydrogen) atoms. The number of fused-ring (bicyclic) bond motifs is 7. The van der Waals surface area contributed by atoms with Gasteiger partial charge in [-0.25, -0.2) is 9.97 Å². The van der Waals surface area contributed by atoms with Crippen LogP contribution < -0.4 is 0 Å². The largest absolute Gasteiger partial charge is 0.292 e. The molecule has 0 aliphatic heterocycles. The van der Waals surface area contributed by atoms with Crippen LogP contribution in [-0.4, -0.2) is 18.9 Å². The molecule has 0 aliphatic rings. The van der Waals surface area contributed by atoms with Crippen LogP contribution in [0.2, 0.25) is 0 Å². The molecule has 0 aliphatic carbocycles. The van der Waals surface area contributed by atoms with E-state index >= 15 is 0 Å². The van der Waals surface area contributed by atoms with Crippen LogP contribution in [0.5, 0.6) is 0 Å². The molecule has 0 unspecified atom stereocenters. The normalized spacial score (nSPS) is 12.3. The average molecular weight is 897 g/mol. The number of pyridine rings is 1. The summed E-state index contributed by atoms with van der Waals surface area (Å²) in [5, 5.41) is 3.50. The quantitative estimate of drug-likeness (QED) is 0.0958. The fourth-order valence-electron chi connectivity index (χ4n) is 11.4. The second kappa shape index (κ2) is 17.5. The van der Waals surface area contributed by atoms with Crippen molar-refractivity contribution in [1.29, 1.82) is 0 Å². The molecule has 0 fully saturated rings. The van der Waals surface area contributed by atoms with Gasteiger partial charge in [0.2, 0.25) is 0 Å². The summed E-state index contributed by atoms with van der Waals surface area (Å²) in [4.78, 5) is 10.9. The Kier molecular flexibility index (Phi) is 11.2. The predicted octanol–water partition coefficient (Wildman–Crippen LogP) is 17.2. The van der Waals surface area contributed by atoms with Crippen LogP contribution in [0.1, 0.15) is 124 Å². The van der Waals surface area contributed by atoms with Crippen LogP contribution >= 0.6 is 0 Å². The van der Waals surface area contributed by atoms with E-state index in [1.165, 1.54) is 55.4 Å². The summed E-state index contributed by atoms with van der Waals surface area (Å²) < 4.78 is 4.88. The van der Waals surface area contributed by atoms with Gasteiger partial charge in [-0.2, -0.15) is 0 Å². The molecule has 0 atom stereocenters. The molecule has 3 heterocycles. The molecule has 0 saturated heterocycles. The number of rotatable bonds is 11. The van der Waals surface area contributed by atoms with Crippen molar-refractivity contribution >= 4 is 38.4 Å². The van der Waals surface area contributed by atoms with Crippen LogP contribution in [0.15, 0.2) is 194 Å². The monoisotopic (exact) mass is 896 g/mol. The first-order chi connectivity index (χ1) is 33.6. The van der Waals surface area contributed by atoms with Crippen LogP contribution in [0.3, 0.4) is 0 Å². The van der Waals surface area contributed by atoms with E-state index in [1.54, 1.807) is 0 Å². The number of aromatic nitrogens is 4. The maximum atomic E-state index is 5.52. The second-order valence-electron chi connectivity index (χ2n) is 20.1. The van der Waals surface area contributed by atoms with Gasteiger partial charge in [0.15, 0.2) is 0 Å². The number of para-hydroxylation sites is 4. The van der Waals surface area contributed by atoms with Gasteiger partial charge in [0.05, 0.1) is 39.5 Å². The fraction of sp³-hybridized carbons (Fsp3) is 0.200. The molecule has 11 aromatic rings. The Morgan fingerprint density at radius 2 is 0.942 bits per heavy atom. The third-order valence-electron chi connectivity index (χ3n) is 14.6. The summed E-state index contributed by atoms with van der Waals surface area (Å²) in [6.07, 6.45) is 2.13. The Morgan fingerprint density at radius 1 is 0.420 bits per heavy atom. The molecule has 0 bridgehead atoms. The van der Waals surface area contributed by atoms with E-state index in [9.17, 15) is 0 Å². The summed E-state index contributed by atoms with van der Waals surface area (Å²) in [5.74, 6) is 2.24. The lowest BCUT2D eigenvalue weighted by molar-refractivity contribution is 0.746. The van der Waals surface area contributed by atoms with Gasteiger partial charge < -0.3 is 0 Å². The van der Waals surface area contributed by atoms with Gasteiger partial charge in [0, 0.05) is 21.9 Å². The SMILES string of the molecule is CC(C)c1cccc(C(C)C)c1-c1cnc2c3cc(C(c4ccccc4)(c4ccccc4)c4cccc(-c5nc6ccccc6n5-c5c(C(C)C)cccc5C(C)C)c4)ccc3c3ccccc3n12. The Labute approximate surface area is 407 Å². The lowest BCUT2D eigenvalue weighted by Gasteiger charge is -2.37. The van der Waals surface area contributed by atoms with E-state index < -0.39 is 5.41 Å². The maximum absolute atomic E-state index is 5.52. The van der Waals surface area contributed by atoms with E-state index in [-0.39, 0.29) is 0 Å². The van der Waals surface area contributed by atoms with Crippen molar-refractivity contribution in [2.75, 3.05) is 0 Å². The molecule has 4 heteroatoms. The highest BCUT2D eigenvalue weighted by atomic mass is 15.1. The van der Waals surface area contributed by atoms with Crippen molar-refractivity contribution in [2.24, 2.45) is 0 Å². The number of imidazole rings is 2. The highest BCUT2D eigenvalue weighted by Crippen LogP contribution is 2.49. The summed E-state index contributed by atoms with van der Waals surface area (Å²) >= 11 is 0. The molecule has 0 amide bonds. The first kappa shape index (κ1) is 44.0. The van der Waals surface area contributed by atoms with Crippen molar-refractivity contribution in [3.05, 3.63) is 239 Å². The minimum atomic E-state index is -0.740. The molecule has 0 radical (unpaired) electrons. The van der Waals surface area contributed by atoms with Crippen molar-refractivity contribution in [1.82, 2.24) is 18.9 Å². The van der Waals surface area contributed by atoms with E-state index in [2.05, 4.69) is 259 Å². The lowest BCUT2D eigenvalue weighted by Crippen LogP contribution is -2.31. The number of hydrogen-bond donors (Lipinski definition) is 0. The Morgan fingerprint density at radius 3 is 1.57 bits per heavy atom. The van der Waals surface area contributed by atoms with Gasteiger partial charge >= 0.3 is 0 Å². The zero-order chi connectivity index (χ0) is 47.6. The van der Waals surface area contributed by atoms with Crippen LogP contribution in [0.4, 0.5) is 0 Å². The molecule has 0 spiro atoms. The number of hydrogen-bond acceptors (Lipinski definition) is 2. The van der Waals surface area contributed by atoms with Crippen molar-refractivity contribution in [3.8, 4) is 28.3 Å². The van der Waals surface area contributed by atoms with Crippen molar-refractivity contribution < 1.29 is 0 Å². The summed E-state index contributed by atoms with van der Waals surface area (Å²) in [6, 6.07) is 69.7. The van der Waals surface area contributed by atoms with Gasteiger partial charge in [-0.05, 0) is 104 Å². The lowest BCUT2D eigenvalue weighted by atomic mass is 9.64. The summed E-state index contributed by atoms with van der Waals surface area (Å²) in [7, 11) is 0. The molecule has 0 saturated carbocycles. The zero-order valence-corrected chi connectivity index (χ0v) is 41.1. The van der Waals surface area contributed by atoms with E-state index in [1.807, 2.05) is 0 Å². The standard InChI is InChI=1S/C65H60N4/c1-41(2)50-29-20-30-51(42(3)4)61(50)60-40-66-64-56-39-49(36-37-54(56)55-28-15-17-34-58(55)68(60)64)65(46-23-11-9-12-24-46,47-25-13-10-14-26-47)48-27-19-22-45(38-48)63-67-57-33-16-18-35-59(57)69(63)62-52(43(5)6)31-21-32-53(62)44(7)8/h9-44H,1-8H3. The Bertz CT molecular complexity index is 3590. The van der Waals surface area contributed by atoms with E-state index in [0.717, 1.165) is 55.8 Å². The Balaban J connectivity index is 1.23. The first-order valence-electron chi connectivity index (χ1n) is 24.9. The predicted molar refractivity (Wildman–Crippen MR) is 290 cm³/mol. The van der Waals surface area contributed by atoms with Gasteiger partial charge in [0.1, 0.15) is 11.5 Å². The van der Waals surface area contributed by atoms with Crippen LogP contribution in [-0.2, 0) is 5.41 Å². The molecule has 340 valence electrons. The smallest absolute Gasteiger partial charge is 0.145 e. The summed E-state index contributed by atoms with van der Waals surface area (Å²) in [6.45, 7) is 18.4. The highest BCUT2D eigenvalue weighted by Gasteiger charge is 2.39. The molecule has 3 aromatic heterocycles. The number of nitrogens with zero attached hydrogens (tertiary/aromatic N) is 4. The van der Waals surface area contributed by atoms with Gasteiger partial charge in [-0.3, -0.25) is 8.97 Å². The second-order valence-corrected chi connectivity index (χ2v) is 20.1. The average Bonchev–Trinajstić information content (AvgIpc) is 4.00. The molecule has 0 N–H and O–H groups in total. The fourth-order valence-corrected chi connectivity index (χ4v) is 11.4. The van der Waals surface area contributed by atoms with Crippen LogP contribution in [0.25, 0.3) is 66.7 Å². The summed E-state index contributed by atoms with van der Waals surface area (Å²) in [5.41, 5.74) is 18.2. The maximum Gasteiger partial charge on any atom is 0.145 e. The van der Waals surface area contributed by atoms with Gasteiger partial charge in [0.25, 0.3) is 0 Å². The third kappa shape index (κ3) is 7.11. The highest BCUT2D eigenvalue weighted by molar-refractivity contribution is 6.13. The van der Waals surface area contributed by atoms with Crippen molar-refractivity contribution in [3.63, 3.8) is 0 Å². The molecular formula is C65H60N4. The molecular weight excluding hydrogens is 837 g/mol.